The summed E-state index contributed by atoms with van der Waals surface area (Å²) in [6.07, 6.45) is 0. The second kappa shape index (κ2) is 2.67. The van der Waals surface area contributed by atoms with Crippen LogP contribution in [0.3, 0.4) is 0 Å². The molecule has 58 valence electrons. The molecule has 0 bridgehead atoms. The molecule has 0 aliphatic carbocycles. The molecule has 0 aromatic heterocycles. The van der Waals surface area contributed by atoms with Crippen LogP contribution < -0.4 is 0 Å². The monoisotopic (exact) mass is 147 g/mol. The van der Waals surface area contributed by atoms with E-state index in [-0.39, 0.29) is 0 Å². The summed E-state index contributed by atoms with van der Waals surface area (Å²) >= 11 is 0. The van der Waals surface area contributed by atoms with Crippen molar-refractivity contribution in [3.05, 3.63) is 35.9 Å². The van der Waals surface area contributed by atoms with Gasteiger partial charge in [-0.2, -0.15) is 0 Å². The van der Waals surface area contributed by atoms with Crippen molar-refractivity contribution in [3.63, 3.8) is 0 Å². The van der Waals surface area contributed by atoms with Crippen LogP contribution in [-0.2, 0) is 6.54 Å². The highest BCUT2D eigenvalue weighted by Crippen LogP contribution is 2.19. The van der Waals surface area contributed by atoms with Crippen molar-refractivity contribution in [3.8, 4) is 0 Å². The predicted octanol–water partition coefficient (Wildman–Crippen LogP) is 1.89. The smallest absolute Gasteiger partial charge is 0.0237 e. The Hall–Kier alpha value is -0.820. The maximum absolute atomic E-state index is 2.45. The topological polar surface area (TPSA) is 3.01 Å². The summed E-state index contributed by atoms with van der Waals surface area (Å²) in [4.78, 5) is 2.45. The Morgan fingerprint density at radius 2 is 2.00 bits per heavy atom. The van der Waals surface area contributed by atoms with Crippen molar-refractivity contribution in [1.82, 2.24) is 4.90 Å². The molecule has 1 aromatic carbocycles. The SMILES string of the molecule is C[C@@H]1CN1Cc1ccccc1. The lowest BCUT2D eigenvalue weighted by atomic mass is 10.2. The van der Waals surface area contributed by atoms with Gasteiger partial charge in [-0.15, -0.1) is 0 Å². The van der Waals surface area contributed by atoms with Gasteiger partial charge in [0.15, 0.2) is 0 Å². The summed E-state index contributed by atoms with van der Waals surface area (Å²) in [6, 6.07) is 11.5. The van der Waals surface area contributed by atoms with Gasteiger partial charge in [0.2, 0.25) is 0 Å². The Labute approximate surface area is 67.6 Å². The fourth-order valence-electron chi connectivity index (χ4n) is 1.33. The largest absolute Gasteiger partial charge is 0.294 e. The maximum Gasteiger partial charge on any atom is 0.0237 e. The highest BCUT2D eigenvalue weighted by atomic mass is 15.3. The van der Waals surface area contributed by atoms with Gasteiger partial charge in [0.05, 0.1) is 0 Å². The van der Waals surface area contributed by atoms with Crippen molar-refractivity contribution in [2.24, 2.45) is 0 Å². The molecule has 1 saturated heterocycles. The van der Waals surface area contributed by atoms with Crippen molar-refractivity contribution in [1.29, 1.82) is 0 Å². The van der Waals surface area contributed by atoms with E-state index in [0.29, 0.717) is 0 Å². The van der Waals surface area contributed by atoms with Crippen LogP contribution in [0.5, 0.6) is 0 Å². The number of hydrogen-bond acceptors (Lipinski definition) is 1. The van der Waals surface area contributed by atoms with Gasteiger partial charge in [-0.1, -0.05) is 30.3 Å². The molecule has 1 fully saturated rings. The highest BCUT2D eigenvalue weighted by Gasteiger charge is 2.28. The quantitative estimate of drug-likeness (QED) is 0.577. The summed E-state index contributed by atoms with van der Waals surface area (Å²) in [5, 5.41) is 0. The van der Waals surface area contributed by atoms with Crippen LogP contribution in [0.1, 0.15) is 12.5 Å². The summed E-state index contributed by atoms with van der Waals surface area (Å²) in [7, 11) is 0. The Bertz CT molecular complexity index is 230. The molecular formula is C10H13N. The molecule has 1 heterocycles. The first-order valence-electron chi connectivity index (χ1n) is 4.14. The maximum atomic E-state index is 2.45. The first-order chi connectivity index (χ1) is 5.36. The van der Waals surface area contributed by atoms with E-state index in [0.717, 1.165) is 12.6 Å². The molecule has 0 N–H and O–H groups in total. The standard InChI is InChI=1S/C10H13N/c1-9-7-11(9)8-10-5-3-2-4-6-10/h2-6,9H,7-8H2,1H3/t9-,11?/m1/s1. The van der Waals surface area contributed by atoms with Gasteiger partial charge in [-0.05, 0) is 12.5 Å². The molecule has 1 heteroatoms. The third-order valence-corrected chi connectivity index (χ3v) is 2.22. The van der Waals surface area contributed by atoms with Gasteiger partial charge in [-0.3, -0.25) is 4.90 Å². The Morgan fingerprint density at radius 1 is 1.36 bits per heavy atom. The van der Waals surface area contributed by atoms with Crippen molar-refractivity contribution in [2.45, 2.75) is 19.5 Å². The first kappa shape index (κ1) is 6.86. The van der Waals surface area contributed by atoms with Gasteiger partial charge < -0.3 is 0 Å². The lowest BCUT2D eigenvalue weighted by molar-refractivity contribution is 0.515. The number of rotatable bonds is 2. The number of nitrogens with zero attached hydrogens (tertiary/aromatic N) is 1. The first-order valence-corrected chi connectivity index (χ1v) is 4.14. The molecule has 0 radical (unpaired) electrons. The van der Waals surface area contributed by atoms with Crippen LogP contribution in [-0.4, -0.2) is 17.5 Å². The molecule has 1 unspecified atom stereocenters. The second-order valence-electron chi connectivity index (χ2n) is 3.26. The van der Waals surface area contributed by atoms with Crippen molar-refractivity contribution >= 4 is 0 Å². The minimum Gasteiger partial charge on any atom is -0.294 e. The minimum atomic E-state index is 0.815. The van der Waals surface area contributed by atoms with Gasteiger partial charge in [0, 0.05) is 19.1 Å². The van der Waals surface area contributed by atoms with Crippen LogP contribution in [0.4, 0.5) is 0 Å². The summed E-state index contributed by atoms with van der Waals surface area (Å²) in [5.41, 5.74) is 1.43. The van der Waals surface area contributed by atoms with Crippen LogP contribution in [0.15, 0.2) is 30.3 Å². The Balaban J connectivity index is 1.97. The van der Waals surface area contributed by atoms with Gasteiger partial charge in [0.1, 0.15) is 0 Å². The fourth-order valence-corrected chi connectivity index (χ4v) is 1.33. The van der Waals surface area contributed by atoms with E-state index < -0.39 is 0 Å². The summed E-state index contributed by atoms with van der Waals surface area (Å²) < 4.78 is 0. The van der Waals surface area contributed by atoms with Crippen LogP contribution in [0.2, 0.25) is 0 Å². The van der Waals surface area contributed by atoms with Crippen LogP contribution in [0.25, 0.3) is 0 Å². The zero-order valence-electron chi connectivity index (χ0n) is 6.83. The van der Waals surface area contributed by atoms with E-state index in [1.807, 2.05) is 0 Å². The second-order valence-corrected chi connectivity index (χ2v) is 3.26. The average molecular weight is 147 g/mol. The molecule has 1 nitrogen and oxygen atoms in total. The predicted molar refractivity (Wildman–Crippen MR) is 46.3 cm³/mol. The van der Waals surface area contributed by atoms with Crippen LogP contribution >= 0.6 is 0 Å². The molecule has 0 saturated carbocycles. The molecule has 2 rings (SSSR count). The minimum absolute atomic E-state index is 0.815. The van der Waals surface area contributed by atoms with Crippen LogP contribution in [0, 0.1) is 0 Å². The third-order valence-electron chi connectivity index (χ3n) is 2.22. The van der Waals surface area contributed by atoms with Gasteiger partial charge in [-0.25, -0.2) is 0 Å². The van der Waals surface area contributed by atoms with E-state index in [1.54, 1.807) is 0 Å². The van der Waals surface area contributed by atoms with Crippen molar-refractivity contribution in [2.75, 3.05) is 6.54 Å². The normalized spacial score (nSPS) is 28.5. The molecular weight excluding hydrogens is 134 g/mol. The van der Waals surface area contributed by atoms with Gasteiger partial charge >= 0.3 is 0 Å². The number of hydrogen-bond donors (Lipinski definition) is 0. The summed E-state index contributed by atoms with van der Waals surface area (Å²) in [6.45, 7) is 4.67. The lowest BCUT2D eigenvalue weighted by Gasteiger charge is -2.00. The Kier molecular flexibility index (Phi) is 1.66. The fraction of sp³-hybridized carbons (Fsp3) is 0.400. The van der Waals surface area contributed by atoms with E-state index in [1.165, 1.54) is 12.1 Å². The zero-order valence-corrected chi connectivity index (χ0v) is 6.83. The molecule has 1 aliphatic rings. The molecule has 1 aliphatic heterocycles. The third kappa shape index (κ3) is 1.60. The molecule has 2 atom stereocenters. The van der Waals surface area contributed by atoms with Gasteiger partial charge in [0.25, 0.3) is 0 Å². The lowest BCUT2D eigenvalue weighted by Crippen LogP contribution is -1.98. The van der Waals surface area contributed by atoms with E-state index >= 15 is 0 Å². The van der Waals surface area contributed by atoms with E-state index in [9.17, 15) is 0 Å². The zero-order chi connectivity index (χ0) is 7.68. The van der Waals surface area contributed by atoms with E-state index in [2.05, 4.69) is 42.2 Å². The molecule has 1 aromatic rings. The average Bonchev–Trinajstić information content (AvgIpc) is 2.69. The Morgan fingerprint density at radius 3 is 2.55 bits per heavy atom. The molecule has 0 spiro atoms. The van der Waals surface area contributed by atoms with E-state index in [4.69, 9.17) is 0 Å². The number of benzene rings is 1. The molecule has 11 heavy (non-hydrogen) atoms. The molecule has 0 amide bonds. The highest BCUT2D eigenvalue weighted by molar-refractivity contribution is 5.15. The van der Waals surface area contributed by atoms with Crippen molar-refractivity contribution < 1.29 is 0 Å². The summed E-state index contributed by atoms with van der Waals surface area (Å²) in [5.74, 6) is 0.